The van der Waals surface area contributed by atoms with Crippen LogP contribution in [-0.2, 0) is 11.2 Å². The van der Waals surface area contributed by atoms with E-state index in [4.69, 9.17) is 16.3 Å². The smallest absolute Gasteiger partial charge is 0.276 e. The predicted octanol–water partition coefficient (Wildman–Crippen LogP) is 3.50. The van der Waals surface area contributed by atoms with Crippen LogP contribution in [0.1, 0.15) is 22.8 Å². The normalized spacial score (nSPS) is 10.1. The lowest BCUT2D eigenvalue weighted by Crippen LogP contribution is -2.43. The summed E-state index contributed by atoms with van der Waals surface area (Å²) in [6.07, 6.45) is 0.802. The average molecular weight is 412 g/mol. The van der Waals surface area contributed by atoms with Crippen molar-refractivity contribution in [2.75, 3.05) is 6.61 Å². The van der Waals surface area contributed by atoms with Gasteiger partial charge < -0.3 is 4.74 Å². The van der Waals surface area contributed by atoms with Crippen molar-refractivity contribution in [3.05, 3.63) is 63.1 Å². The number of carbonyl (C=O) groups excluding carboxylic acids is 2. The molecule has 2 N–H and O–H groups in total. The van der Waals surface area contributed by atoms with Crippen LogP contribution in [0.2, 0.25) is 5.02 Å². The fourth-order valence-electron chi connectivity index (χ4n) is 1.98. The van der Waals surface area contributed by atoms with Crippen LogP contribution in [0.25, 0.3) is 0 Å². The van der Waals surface area contributed by atoms with Crippen LogP contribution in [-0.4, -0.2) is 18.4 Å². The van der Waals surface area contributed by atoms with E-state index in [2.05, 4.69) is 26.8 Å². The van der Waals surface area contributed by atoms with Crippen LogP contribution in [0.5, 0.6) is 5.75 Å². The Balaban J connectivity index is 1.85. The van der Waals surface area contributed by atoms with Gasteiger partial charge in [0.2, 0.25) is 0 Å². The van der Waals surface area contributed by atoms with Gasteiger partial charge in [0.05, 0.1) is 10.6 Å². The number of rotatable bonds is 5. The quantitative estimate of drug-likeness (QED) is 0.740. The molecule has 0 aliphatic rings. The van der Waals surface area contributed by atoms with Crippen LogP contribution >= 0.6 is 27.5 Å². The Hall–Kier alpha value is -2.05. The van der Waals surface area contributed by atoms with Crippen LogP contribution in [0.15, 0.2) is 46.9 Å². The van der Waals surface area contributed by atoms with Crippen LogP contribution in [0.4, 0.5) is 0 Å². The highest BCUT2D eigenvalue weighted by Gasteiger charge is 2.12. The Labute approximate surface area is 153 Å². The molecule has 0 aliphatic carbocycles. The Kier molecular flexibility index (Phi) is 6.63. The second kappa shape index (κ2) is 8.70. The molecule has 5 nitrogen and oxygen atoms in total. The lowest BCUT2D eigenvalue weighted by atomic mass is 10.1. The highest BCUT2D eigenvalue weighted by atomic mass is 79.9. The molecule has 0 spiro atoms. The molecule has 0 saturated carbocycles. The summed E-state index contributed by atoms with van der Waals surface area (Å²) >= 11 is 9.25. The predicted molar refractivity (Wildman–Crippen MR) is 96.1 cm³/mol. The van der Waals surface area contributed by atoms with E-state index in [0.29, 0.717) is 5.75 Å². The monoisotopic (exact) mass is 410 g/mol. The van der Waals surface area contributed by atoms with E-state index < -0.39 is 11.8 Å². The van der Waals surface area contributed by atoms with E-state index in [9.17, 15) is 9.59 Å². The first-order valence-corrected chi connectivity index (χ1v) is 8.43. The number of amides is 2. The van der Waals surface area contributed by atoms with Crippen molar-refractivity contribution in [2.24, 2.45) is 0 Å². The van der Waals surface area contributed by atoms with Crippen molar-refractivity contribution in [3.8, 4) is 5.75 Å². The Bertz CT molecular complexity index is 752. The molecule has 2 aromatic rings. The molecule has 2 aromatic carbocycles. The third-order valence-electron chi connectivity index (χ3n) is 3.20. The van der Waals surface area contributed by atoms with E-state index in [0.717, 1.165) is 16.5 Å². The molecule has 0 aliphatic heterocycles. The molecule has 2 rings (SSSR count). The summed E-state index contributed by atoms with van der Waals surface area (Å²) in [5, 5.41) is 0.282. The van der Waals surface area contributed by atoms with Gasteiger partial charge in [-0.25, -0.2) is 0 Å². The highest BCUT2D eigenvalue weighted by molar-refractivity contribution is 9.10. The minimum absolute atomic E-state index is 0.203. The molecule has 0 radical (unpaired) electrons. The number of aryl methyl sites for hydroxylation is 1. The first kappa shape index (κ1) is 18.3. The molecule has 2 amide bonds. The Morgan fingerprint density at radius 1 is 1.17 bits per heavy atom. The molecule has 0 fully saturated rings. The Morgan fingerprint density at radius 2 is 1.92 bits per heavy atom. The number of ether oxygens (including phenoxy) is 1. The van der Waals surface area contributed by atoms with E-state index in [1.54, 1.807) is 24.3 Å². The van der Waals surface area contributed by atoms with Crippen molar-refractivity contribution in [1.29, 1.82) is 0 Å². The van der Waals surface area contributed by atoms with E-state index >= 15 is 0 Å². The molecule has 24 heavy (non-hydrogen) atoms. The van der Waals surface area contributed by atoms with Gasteiger partial charge in [0.1, 0.15) is 5.75 Å². The second-order valence-corrected chi connectivity index (χ2v) is 6.20. The SMILES string of the molecule is CCc1ccccc1OCC(=O)NNC(=O)c1ccc(Br)cc1Cl. The number of hydrogen-bond acceptors (Lipinski definition) is 3. The minimum atomic E-state index is -0.505. The van der Waals surface area contributed by atoms with E-state index in [1.807, 2.05) is 25.1 Å². The molecule has 0 aromatic heterocycles. The fraction of sp³-hybridized carbons (Fsp3) is 0.176. The third-order valence-corrected chi connectivity index (χ3v) is 4.01. The maximum absolute atomic E-state index is 12.0. The summed E-state index contributed by atoms with van der Waals surface area (Å²) in [6.45, 7) is 1.80. The minimum Gasteiger partial charge on any atom is -0.483 e. The number of halogens is 2. The molecule has 126 valence electrons. The van der Waals surface area contributed by atoms with Crippen molar-refractivity contribution < 1.29 is 14.3 Å². The van der Waals surface area contributed by atoms with Gasteiger partial charge in [0, 0.05) is 4.47 Å². The lowest BCUT2D eigenvalue weighted by molar-refractivity contribution is -0.123. The van der Waals surface area contributed by atoms with E-state index in [1.165, 1.54) is 0 Å². The first-order chi connectivity index (χ1) is 11.5. The molecule has 0 unspecified atom stereocenters. The number of hydrogen-bond donors (Lipinski definition) is 2. The molecule has 7 heteroatoms. The summed E-state index contributed by atoms with van der Waals surface area (Å²) < 4.78 is 6.23. The fourth-order valence-corrected chi connectivity index (χ4v) is 2.74. The van der Waals surface area contributed by atoms with Crippen molar-refractivity contribution in [1.82, 2.24) is 10.9 Å². The summed E-state index contributed by atoms with van der Waals surface area (Å²) in [5.41, 5.74) is 5.87. The van der Waals surface area contributed by atoms with Gasteiger partial charge in [0.25, 0.3) is 11.8 Å². The van der Waals surface area contributed by atoms with Crippen molar-refractivity contribution in [3.63, 3.8) is 0 Å². The largest absolute Gasteiger partial charge is 0.483 e. The van der Waals surface area contributed by atoms with Crippen molar-refractivity contribution in [2.45, 2.75) is 13.3 Å². The summed E-state index contributed by atoms with van der Waals surface area (Å²) in [7, 11) is 0. The van der Waals surface area contributed by atoms with Crippen LogP contribution in [0.3, 0.4) is 0 Å². The van der Waals surface area contributed by atoms with Gasteiger partial charge in [0.15, 0.2) is 6.61 Å². The first-order valence-electron chi connectivity index (χ1n) is 7.26. The molecule has 0 saturated heterocycles. The van der Waals surface area contributed by atoms with Gasteiger partial charge >= 0.3 is 0 Å². The van der Waals surface area contributed by atoms with Gasteiger partial charge in [-0.2, -0.15) is 0 Å². The number of hydrazine groups is 1. The third kappa shape index (κ3) is 4.97. The van der Waals surface area contributed by atoms with Gasteiger partial charge in [-0.3, -0.25) is 20.4 Å². The van der Waals surface area contributed by atoms with Gasteiger partial charge in [-0.05, 0) is 36.2 Å². The average Bonchev–Trinajstić information content (AvgIpc) is 2.58. The highest BCUT2D eigenvalue weighted by Crippen LogP contribution is 2.21. The zero-order valence-corrected chi connectivity index (χ0v) is 15.3. The zero-order chi connectivity index (χ0) is 17.5. The summed E-state index contributed by atoms with van der Waals surface area (Å²) in [4.78, 5) is 23.8. The van der Waals surface area contributed by atoms with Gasteiger partial charge in [-0.1, -0.05) is 52.7 Å². The lowest BCUT2D eigenvalue weighted by Gasteiger charge is -2.11. The number of carbonyl (C=O) groups is 2. The van der Waals surface area contributed by atoms with Crippen LogP contribution < -0.4 is 15.6 Å². The van der Waals surface area contributed by atoms with Crippen LogP contribution in [0, 0.1) is 0 Å². The number of nitrogens with one attached hydrogen (secondary N) is 2. The summed E-state index contributed by atoms with van der Waals surface area (Å²) in [5.74, 6) is -0.324. The Morgan fingerprint density at radius 3 is 2.62 bits per heavy atom. The zero-order valence-electron chi connectivity index (χ0n) is 12.9. The number of benzene rings is 2. The summed E-state index contributed by atoms with van der Waals surface area (Å²) in [6, 6.07) is 12.3. The van der Waals surface area contributed by atoms with Crippen molar-refractivity contribution >= 4 is 39.3 Å². The topological polar surface area (TPSA) is 67.4 Å². The number of para-hydroxylation sites is 1. The maximum Gasteiger partial charge on any atom is 0.276 e. The molecular formula is C17H16BrClN2O3. The molecule has 0 bridgehead atoms. The standard InChI is InChI=1S/C17H16BrClN2O3/c1-2-11-5-3-4-6-15(11)24-10-16(22)20-21-17(23)13-8-7-12(18)9-14(13)19/h3-9H,2,10H2,1H3,(H,20,22)(H,21,23). The second-order valence-electron chi connectivity index (χ2n) is 4.88. The maximum atomic E-state index is 12.0. The molecule has 0 heterocycles. The van der Waals surface area contributed by atoms with E-state index in [-0.39, 0.29) is 17.2 Å². The van der Waals surface area contributed by atoms with Gasteiger partial charge in [-0.15, -0.1) is 0 Å². The molecular weight excluding hydrogens is 396 g/mol. The molecule has 0 atom stereocenters.